The highest BCUT2D eigenvalue weighted by Gasteiger charge is 2.00. The van der Waals surface area contributed by atoms with Gasteiger partial charge in [-0.25, -0.2) is 9.97 Å². The van der Waals surface area contributed by atoms with Crippen LogP contribution in [0, 0.1) is 0 Å². The first-order valence-electron chi connectivity index (χ1n) is 13.0. The highest BCUT2D eigenvalue weighted by atomic mass is 15.2. The fourth-order valence-corrected chi connectivity index (χ4v) is 3.72. The molecular weight excluding hydrogens is 370 g/mol. The summed E-state index contributed by atoms with van der Waals surface area (Å²) in [6.07, 6.45) is 26.3. The van der Waals surface area contributed by atoms with E-state index in [1.807, 2.05) is 0 Å². The minimum Gasteiger partial charge on any atom is -0.354 e. The zero-order chi connectivity index (χ0) is 21.5. The molecule has 0 aromatic carbocycles. The molecule has 174 valence electrons. The highest BCUT2D eigenvalue weighted by Crippen LogP contribution is 2.13. The van der Waals surface area contributed by atoms with Crippen LogP contribution in [-0.4, -0.2) is 28.0 Å². The van der Waals surface area contributed by atoms with E-state index in [9.17, 15) is 0 Å². The Morgan fingerprint density at radius 3 is 1.30 bits per heavy atom. The van der Waals surface area contributed by atoms with Crippen LogP contribution in [0.15, 0.2) is 6.33 Å². The van der Waals surface area contributed by atoms with Crippen molar-refractivity contribution >= 4 is 11.9 Å². The molecule has 0 fully saturated rings. The van der Waals surface area contributed by atoms with Crippen LogP contribution in [0.1, 0.15) is 129 Å². The summed E-state index contributed by atoms with van der Waals surface area (Å²) >= 11 is 0. The average molecular weight is 420 g/mol. The molecule has 0 aliphatic rings. The maximum absolute atomic E-state index is 4.41. The van der Waals surface area contributed by atoms with Gasteiger partial charge in [0.05, 0.1) is 0 Å². The maximum atomic E-state index is 4.41. The molecule has 30 heavy (non-hydrogen) atoms. The van der Waals surface area contributed by atoms with Crippen molar-refractivity contribution in [3.63, 3.8) is 0 Å². The molecule has 5 nitrogen and oxygen atoms in total. The third-order valence-corrected chi connectivity index (χ3v) is 5.70. The topological polar surface area (TPSA) is 62.7 Å². The number of hydrogen-bond donors (Lipinski definition) is 2. The first-order chi connectivity index (χ1) is 14.9. The molecule has 0 radical (unpaired) electrons. The summed E-state index contributed by atoms with van der Waals surface area (Å²) in [6, 6.07) is 0. The molecule has 5 heteroatoms. The molecule has 0 saturated carbocycles. The van der Waals surface area contributed by atoms with Gasteiger partial charge in [0, 0.05) is 13.1 Å². The van der Waals surface area contributed by atoms with Gasteiger partial charge in [0.2, 0.25) is 11.9 Å². The Balaban J connectivity index is 1.83. The third-order valence-electron chi connectivity index (χ3n) is 5.70. The second kappa shape index (κ2) is 20.9. The van der Waals surface area contributed by atoms with E-state index in [1.54, 1.807) is 6.33 Å². The first-order valence-corrected chi connectivity index (χ1v) is 13.0. The van der Waals surface area contributed by atoms with Crippen molar-refractivity contribution < 1.29 is 0 Å². The van der Waals surface area contributed by atoms with E-state index in [0.29, 0.717) is 11.9 Å². The second-order valence-electron chi connectivity index (χ2n) is 8.64. The van der Waals surface area contributed by atoms with Crippen LogP contribution >= 0.6 is 0 Å². The Kier molecular flexibility index (Phi) is 18.5. The van der Waals surface area contributed by atoms with Crippen LogP contribution < -0.4 is 10.6 Å². The molecule has 0 aliphatic carbocycles. The van der Waals surface area contributed by atoms with Crippen molar-refractivity contribution in [2.45, 2.75) is 129 Å². The van der Waals surface area contributed by atoms with Crippen LogP contribution in [0.5, 0.6) is 0 Å². The molecule has 1 heterocycles. The average Bonchev–Trinajstić information content (AvgIpc) is 2.76. The van der Waals surface area contributed by atoms with E-state index >= 15 is 0 Å². The van der Waals surface area contributed by atoms with Gasteiger partial charge >= 0.3 is 0 Å². The fourth-order valence-electron chi connectivity index (χ4n) is 3.72. The Labute approximate surface area is 186 Å². The summed E-state index contributed by atoms with van der Waals surface area (Å²) in [6.45, 7) is 6.33. The van der Waals surface area contributed by atoms with Crippen molar-refractivity contribution in [3.05, 3.63) is 6.33 Å². The van der Waals surface area contributed by atoms with Gasteiger partial charge in [-0.3, -0.25) is 0 Å². The van der Waals surface area contributed by atoms with Crippen LogP contribution in [0.25, 0.3) is 0 Å². The third kappa shape index (κ3) is 16.4. The molecule has 0 aliphatic heterocycles. The highest BCUT2D eigenvalue weighted by molar-refractivity contribution is 5.32. The van der Waals surface area contributed by atoms with Crippen LogP contribution in [-0.2, 0) is 0 Å². The number of rotatable bonds is 22. The van der Waals surface area contributed by atoms with E-state index in [1.165, 1.54) is 109 Å². The smallest absolute Gasteiger partial charge is 0.227 e. The lowest BCUT2D eigenvalue weighted by Gasteiger charge is -2.07. The minimum atomic E-state index is 0.674. The molecule has 1 aromatic heterocycles. The summed E-state index contributed by atoms with van der Waals surface area (Å²) < 4.78 is 0. The molecule has 0 amide bonds. The Hall–Kier alpha value is -1.39. The van der Waals surface area contributed by atoms with Crippen molar-refractivity contribution in [1.29, 1.82) is 0 Å². The van der Waals surface area contributed by atoms with Gasteiger partial charge in [0.25, 0.3) is 0 Å². The number of hydrogen-bond acceptors (Lipinski definition) is 5. The fraction of sp³-hybridized carbons (Fsp3) is 0.880. The Morgan fingerprint density at radius 1 is 0.500 bits per heavy atom. The van der Waals surface area contributed by atoms with Crippen LogP contribution in [0.4, 0.5) is 11.9 Å². The van der Waals surface area contributed by atoms with Gasteiger partial charge in [-0.05, 0) is 12.8 Å². The van der Waals surface area contributed by atoms with Crippen LogP contribution in [0.3, 0.4) is 0 Å². The van der Waals surface area contributed by atoms with Crippen molar-refractivity contribution in [3.8, 4) is 0 Å². The van der Waals surface area contributed by atoms with Gasteiger partial charge in [-0.15, -0.1) is 0 Å². The molecule has 0 atom stereocenters. The van der Waals surface area contributed by atoms with E-state index < -0.39 is 0 Å². The quantitative estimate of drug-likeness (QED) is 0.188. The lowest BCUT2D eigenvalue weighted by molar-refractivity contribution is 0.530. The first kappa shape index (κ1) is 26.6. The van der Waals surface area contributed by atoms with Gasteiger partial charge in [-0.2, -0.15) is 4.98 Å². The van der Waals surface area contributed by atoms with E-state index in [4.69, 9.17) is 0 Å². The monoisotopic (exact) mass is 419 g/mol. The minimum absolute atomic E-state index is 0.674. The standard InChI is InChI=1S/C25H49N5/c1-3-5-7-8-9-10-11-12-13-14-15-16-17-18-19-20-22-27-25-29-23-28-24(30-25)26-21-6-4-2/h23H,3-22H2,1-2H3,(H2,26,27,28,29,30). The summed E-state index contributed by atoms with van der Waals surface area (Å²) in [5.41, 5.74) is 0. The Morgan fingerprint density at radius 2 is 0.867 bits per heavy atom. The van der Waals surface area contributed by atoms with Gasteiger partial charge in [0.15, 0.2) is 0 Å². The predicted octanol–water partition coefficient (Wildman–Crippen LogP) is 7.76. The molecule has 1 rings (SSSR count). The molecule has 0 bridgehead atoms. The zero-order valence-electron chi connectivity index (χ0n) is 20.1. The second-order valence-corrected chi connectivity index (χ2v) is 8.64. The van der Waals surface area contributed by atoms with Gasteiger partial charge in [0.1, 0.15) is 6.33 Å². The molecule has 1 aromatic rings. The maximum Gasteiger partial charge on any atom is 0.227 e. The number of anilines is 2. The molecule has 0 spiro atoms. The van der Waals surface area contributed by atoms with E-state index in [-0.39, 0.29) is 0 Å². The summed E-state index contributed by atoms with van der Waals surface area (Å²) in [5.74, 6) is 1.36. The number of unbranched alkanes of at least 4 members (excludes halogenated alkanes) is 16. The normalized spacial score (nSPS) is 11.0. The molecule has 0 unspecified atom stereocenters. The summed E-state index contributed by atoms with van der Waals surface area (Å²) in [7, 11) is 0. The molecule has 2 N–H and O–H groups in total. The van der Waals surface area contributed by atoms with E-state index in [2.05, 4.69) is 39.4 Å². The van der Waals surface area contributed by atoms with Gasteiger partial charge < -0.3 is 10.6 Å². The summed E-state index contributed by atoms with van der Waals surface area (Å²) in [4.78, 5) is 12.8. The number of aromatic nitrogens is 3. The SMILES string of the molecule is CCCCCCCCCCCCCCCCCCNc1ncnc(NCCCC)n1. The number of nitrogens with one attached hydrogen (secondary N) is 2. The van der Waals surface area contributed by atoms with Crippen molar-refractivity contribution in [2.24, 2.45) is 0 Å². The predicted molar refractivity (Wildman–Crippen MR) is 131 cm³/mol. The molecular formula is C25H49N5. The van der Waals surface area contributed by atoms with Gasteiger partial charge in [-0.1, -0.05) is 117 Å². The zero-order valence-corrected chi connectivity index (χ0v) is 20.1. The lowest BCUT2D eigenvalue weighted by Crippen LogP contribution is -2.10. The van der Waals surface area contributed by atoms with E-state index in [0.717, 1.165) is 19.5 Å². The van der Waals surface area contributed by atoms with Crippen molar-refractivity contribution in [1.82, 2.24) is 15.0 Å². The largest absolute Gasteiger partial charge is 0.354 e. The number of nitrogens with zero attached hydrogens (tertiary/aromatic N) is 3. The van der Waals surface area contributed by atoms with Crippen LogP contribution in [0.2, 0.25) is 0 Å². The van der Waals surface area contributed by atoms with Crippen molar-refractivity contribution in [2.75, 3.05) is 23.7 Å². The summed E-state index contributed by atoms with van der Waals surface area (Å²) in [5, 5.41) is 6.56. The molecule has 0 saturated heterocycles. The lowest BCUT2D eigenvalue weighted by atomic mass is 10.0. The Bertz CT molecular complexity index is 480.